The summed E-state index contributed by atoms with van der Waals surface area (Å²) in [6, 6.07) is 12.2. The van der Waals surface area contributed by atoms with Crippen molar-refractivity contribution in [2.75, 3.05) is 18.0 Å². The number of rotatable bonds is 2. The number of aromatic nitrogens is 1. The zero-order chi connectivity index (χ0) is 16.7. The quantitative estimate of drug-likeness (QED) is 0.561. The fourth-order valence-electron chi connectivity index (χ4n) is 3.20. The number of hydrogen-bond donors (Lipinski definition) is 0. The lowest BCUT2D eigenvalue weighted by atomic mass is 10.0. The number of hydrogen-bond acceptors (Lipinski definition) is 2. The molecule has 0 unspecified atom stereocenters. The van der Waals surface area contributed by atoms with Crippen LogP contribution in [0, 0.1) is 5.82 Å². The van der Waals surface area contributed by atoms with Gasteiger partial charge in [0.2, 0.25) is 0 Å². The Kier molecular flexibility index (Phi) is 4.07. The molecule has 1 aliphatic heterocycles. The minimum absolute atomic E-state index is 0.252. The molecule has 1 fully saturated rings. The fourth-order valence-corrected chi connectivity index (χ4v) is 3.56. The largest absolute Gasteiger partial charge is 0.357 e. The molecule has 24 heavy (non-hydrogen) atoms. The number of nitrogens with zero attached hydrogens (tertiary/aromatic N) is 2. The van der Waals surface area contributed by atoms with Crippen LogP contribution in [-0.4, -0.2) is 18.1 Å². The lowest BCUT2D eigenvalue weighted by molar-refractivity contribution is 0.628. The Hall–Kier alpha value is -1.84. The highest BCUT2D eigenvalue weighted by atomic mass is 35.5. The zero-order valence-corrected chi connectivity index (χ0v) is 14.4. The van der Waals surface area contributed by atoms with Gasteiger partial charge in [-0.3, -0.25) is 0 Å². The second kappa shape index (κ2) is 6.23. The lowest BCUT2D eigenvalue weighted by Gasteiger charge is -2.19. The van der Waals surface area contributed by atoms with Gasteiger partial charge >= 0.3 is 0 Å². The third-order valence-electron chi connectivity index (χ3n) is 4.44. The normalized spacial score (nSPS) is 14.5. The number of fused-ring (bicyclic) bond motifs is 1. The van der Waals surface area contributed by atoms with E-state index in [0.29, 0.717) is 15.6 Å². The first-order chi connectivity index (χ1) is 11.6. The van der Waals surface area contributed by atoms with Crippen LogP contribution >= 0.6 is 23.2 Å². The molecule has 1 aromatic heterocycles. The van der Waals surface area contributed by atoms with Crippen LogP contribution in [0.25, 0.3) is 22.0 Å². The third kappa shape index (κ3) is 2.72. The summed E-state index contributed by atoms with van der Waals surface area (Å²) in [7, 11) is 0. The summed E-state index contributed by atoms with van der Waals surface area (Å²) in [6.07, 6.45) is 2.32. The van der Waals surface area contributed by atoms with Gasteiger partial charge in [-0.2, -0.15) is 0 Å². The highest BCUT2D eigenvalue weighted by Crippen LogP contribution is 2.38. The molecule has 0 spiro atoms. The Morgan fingerprint density at radius 3 is 2.38 bits per heavy atom. The number of benzene rings is 2. The minimum atomic E-state index is -0.252. The van der Waals surface area contributed by atoms with Gasteiger partial charge in [0.1, 0.15) is 11.6 Å². The predicted molar refractivity (Wildman–Crippen MR) is 98.6 cm³/mol. The Balaban J connectivity index is 1.99. The van der Waals surface area contributed by atoms with Crippen LogP contribution in [0.15, 0.2) is 42.5 Å². The van der Waals surface area contributed by atoms with Crippen LogP contribution in [0.5, 0.6) is 0 Å². The van der Waals surface area contributed by atoms with Crippen molar-refractivity contribution in [3.63, 3.8) is 0 Å². The van der Waals surface area contributed by atoms with Crippen LogP contribution in [-0.2, 0) is 0 Å². The lowest BCUT2D eigenvalue weighted by Crippen LogP contribution is -2.19. The molecule has 2 heterocycles. The molecule has 1 saturated heterocycles. The molecule has 0 radical (unpaired) electrons. The first-order valence-electron chi connectivity index (χ1n) is 7.93. The van der Waals surface area contributed by atoms with Crippen molar-refractivity contribution in [3.05, 3.63) is 58.3 Å². The van der Waals surface area contributed by atoms with Crippen molar-refractivity contribution in [2.24, 2.45) is 0 Å². The van der Waals surface area contributed by atoms with Gasteiger partial charge in [0.05, 0.1) is 15.6 Å². The highest BCUT2D eigenvalue weighted by molar-refractivity contribution is 6.45. The molecule has 2 aromatic carbocycles. The van der Waals surface area contributed by atoms with E-state index >= 15 is 0 Å². The summed E-state index contributed by atoms with van der Waals surface area (Å²) in [5.74, 6) is 0.640. The zero-order valence-electron chi connectivity index (χ0n) is 12.9. The average molecular weight is 361 g/mol. The number of pyridine rings is 1. The van der Waals surface area contributed by atoms with E-state index in [4.69, 9.17) is 28.2 Å². The summed E-state index contributed by atoms with van der Waals surface area (Å²) < 4.78 is 13.3. The van der Waals surface area contributed by atoms with E-state index in [-0.39, 0.29) is 5.82 Å². The Morgan fingerprint density at radius 1 is 0.958 bits per heavy atom. The summed E-state index contributed by atoms with van der Waals surface area (Å²) in [5, 5.41) is 1.86. The molecule has 0 N–H and O–H groups in total. The van der Waals surface area contributed by atoms with Gasteiger partial charge in [-0.15, -0.1) is 0 Å². The van der Waals surface area contributed by atoms with Crippen molar-refractivity contribution in [1.82, 2.24) is 4.98 Å². The van der Waals surface area contributed by atoms with E-state index in [1.165, 1.54) is 12.1 Å². The van der Waals surface area contributed by atoms with E-state index in [9.17, 15) is 4.39 Å². The molecule has 0 atom stereocenters. The standard InChI is InChI=1S/C19H15Cl2FN2/c20-16-8-7-14-15(12-3-5-13(22)6-4-12)11-17(23-19(14)18(16)21)24-9-1-2-10-24/h3-8,11H,1-2,9-10H2. The van der Waals surface area contributed by atoms with Crippen molar-refractivity contribution in [3.8, 4) is 11.1 Å². The van der Waals surface area contributed by atoms with Gasteiger partial charge in [-0.25, -0.2) is 9.37 Å². The third-order valence-corrected chi connectivity index (χ3v) is 5.24. The Bertz CT molecular complexity index is 903. The van der Waals surface area contributed by atoms with Gasteiger partial charge in [0, 0.05) is 18.5 Å². The van der Waals surface area contributed by atoms with E-state index in [0.717, 1.165) is 48.3 Å². The van der Waals surface area contributed by atoms with E-state index in [2.05, 4.69) is 11.0 Å². The molecule has 0 bridgehead atoms. The van der Waals surface area contributed by atoms with Crippen molar-refractivity contribution >= 4 is 39.9 Å². The van der Waals surface area contributed by atoms with Gasteiger partial charge in [-0.05, 0) is 48.2 Å². The second-order valence-corrected chi connectivity index (χ2v) is 6.77. The van der Waals surface area contributed by atoms with Crippen molar-refractivity contribution in [1.29, 1.82) is 0 Å². The van der Waals surface area contributed by atoms with Crippen molar-refractivity contribution < 1.29 is 4.39 Å². The van der Waals surface area contributed by atoms with E-state index in [1.54, 1.807) is 18.2 Å². The van der Waals surface area contributed by atoms with Crippen LogP contribution in [0.1, 0.15) is 12.8 Å². The smallest absolute Gasteiger partial charge is 0.129 e. The molecule has 4 rings (SSSR count). The molecule has 0 saturated carbocycles. The minimum Gasteiger partial charge on any atom is -0.357 e. The topological polar surface area (TPSA) is 16.1 Å². The second-order valence-electron chi connectivity index (χ2n) is 5.99. The molecule has 2 nitrogen and oxygen atoms in total. The summed E-state index contributed by atoms with van der Waals surface area (Å²) in [4.78, 5) is 7.01. The molecule has 0 aliphatic carbocycles. The molecule has 5 heteroatoms. The summed E-state index contributed by atoms with van der Waals surface area (Å²) >= 11 is 12.6. The monoisotopic (exact) mass is 360 g/mol. The summed E-state index contributed by atoms with van der Waals surface area (Å²) in [5.41, 5.74) is 2.61. The van der Waals surface area contributed by atoms with Crippen LogP contribution < -0.4 is 4.90 Å². The highest BCUT2D eigenvalue weighted by Gasteiger charge is 2.18. The van der Waals surface area contributed by atoms with Gasteiger partial charge < -0.3 is 4.90 Å². The maximum atomic E-state index is 13.3. The Morgan fingerprint density at radius 2 is 1.67 bits per heavy atom. The molecular weight excluding hydrogens is 346 g/mol. The SMILES string of the molecule is Fc1ccc(-c2cc(N3CCCC3)nc3c(Cl)c(Cl)ccc23)cc1. The average Bonchev–Trinajstić information content (AvgIpc) is 3.13. The van der Waals surface area contributed by atoms with E-state index < -0.39 is 0 Å². The first-order valence-corrected chi connectivity index (χ1v) is 8.69. The molecule has 122 valence electrons. The maximum absolute atomic E-state index is 13.3. The maximum Gasteiger partial charge on any atom is 0.129 e. The molecule has 3 aromatic rings. The molecule has 0 amide bonds. The first kappa shape index (κ1) is 15.7. The predicted octanol–water partition coefficient (Wildman–Crippen LogP) is 5.95. The number of halogens is 3. The van der Waals surface area contributed by atoms with Crippen molar-refractivity contribution in [2.45, 2.75) is 12.8 Å². The van der Waals surface area contributed by atoms with Gasteiger partial charge in [-0.1, -0.05) is 41.4 Å². The van der Waals surface area contributed by atoms with Crippen LogP contribution in [0.3, 0.4) is 0 Å². The summed E-state index contributed by atoms with van der Waals surface area (Å²) in [6.45, 7) is 1.97. The van der Waals surface area contributed by atoms with E-state index in [1.807, 2.05) is 6.07 Å². The Labute approximate surface area is 149 Å². The number of anilines is 1. The molecular formula is C19H15Cl2FN2. The van der Waals surface area contributed by atoms with Crippen LogP contribution in [0.4, 0.5) is 10.2 Å². The van der Waals surface area contributed by atoms with Gasteiger partial charge in [0.15, 0.2) is 0 Å². The molecule has 1 aliphatic rings. The van der Waals surface area contributed by atoms with Crippen LogP contribution in [0.2, 0.25) is 10.0 Å². The fraction of sp³-hybridized carbons (Fsp3) is 0.211. The van der Waals surface area contributed by atoms with Gasteiger partial charge in [0.25, 0.3) is 0 Å².